The molecule has 0 unspecified atom stereocenters. The molecule has 0 aliphatic rings. The molecule has 0 aliphatic carbocycles. The molecule has 2 aromatic carbocycles. The molecule has 0 N–H and O–H groups in total. The van der Waals surface area contributed by atoms with Crippen molar-refractivity contribution in [3.05, 3.63) is 72.1 Å². The molecule has 1 heterocycles. The fourth-order valence-electron chi connectivity index (χ4n) is 2.47. The van der Waals surface area contributed by atoms with Crippen LogP contribution < -0.4 is 0 Å². The monoisotopic (exact) mass is 434 g/mol. The quantitative estimate of drug-likeness (QED) is 0.323. The van der Waals surface area contributed by atoms with Crippen LogP contribution in [0.4, 0.5) is 46.5 Å². The number of nitrogens with zero attached hydrogens (tertiary/aromatic N) is 4. The third-order valence-electron chi connectivity index (χ3n) is 3.80. The van der Waals surface area contributed by atoms with Crippen molar-refractivity contribution in [3.63, 3.8) is 0 Å². The smallest absolute Gasteiger partial charge is 0.228 e. The van der Waals surface area contributed by atoms with Crippen molar-refractivity contribution in [3.8, 4) is 5.69 Å². The van der Waals surface area contributed by atoms with E-state index in [9.17, 15) is 35.1 Å². The van der Waals surface area contributed by atoms with E-state index in [0.29, 0.717) is 0 Å². The predicted molar refractivity (Wildman–Crippen MR) is 89.1 cm³/mol. The number of hydrogen-bond donors (Lipinski definition) is 0. The molecule has 0 fully saturated rings. The Kier molecular flexibility index (Phi) is 5.35. The molecular weight excluding hydrogens is 424 g/mol. The van der Waals surface area contributed by atoms with Gasteiger partial charge in [-0.3, -0.25) is 0 Å². The number of para-hydroxylation sites is 1. The Balaban J connectivity index is 2.35. The maximum absolute atomic E-state index is 14.3. The van der Waals surface area contributed by atoms with Crippen LogP contribution >= 0.6 is 0 Å². The second-order valence-electron chi connectivity index (χ2n) is 5.90. The van der Waals surface area contributed by atoms with Gasteiger partial charge in [-0.05, 0) is 24.3 Å². The molecule has 0 aliphatic heterocycles. The van der Waals surface area contributed by atoms with Crippen molar-refractivity contribution >= 4 is 11.4 Å². The maximum Gasteiger partial charge on any atom is 0.459 e. The summed E-state index contributed by atoms with van der Waals surface area (Å²) in [6, 6.07) is 12.9. The minimum absolute atomic E-state index is 0.0561. The molecule has 4 nitrogen and oxygen atoms in total. The van der Waals surface area contributed by atoms with E-state index >= 15 is 0 Å². The first-order valence-electron chi connectivity index (χ1n) is 8.10. The fraction of sp³-hybridized carbons (Fsp3) is 0.167. The highest BCUT2D eigenvalue weighted by Gasteiger charge is 2.63. The first-order chi connectivity index (χ1) is 13.9. The van der Waals surface area contributed by atoms with E-state index in [0.717, 1.165) is 12.1 Å². The first-order valence-corrected chi connectivity index (χ1v) is 8.10. The van der Waals surface area contributed by atoms with E-state index in [-0.39, 0.29) is 10.4 Å². The zero-order valence-electron chi connectivity index (χ0n) is 14.6. The molecule has 158 valence electrons. The van der Waals surface area contributed by atoms with E-state index in [2.05, 4.69) is 15.3 Å². The zero-order valence-corrected chi connectivity index (χ0v) is 14.6. The van der Waals surface area contributed by atoms with E-state index in [1.54, 1.807) is 0 Å². The van der Waals surface area contributed by atoms with Crippen molar-refractivity contribution in [2.45, 2.75) is 18.3 Å². The molecule has 0 saturated carbocycles. The van der Waals surface area contributed by atoms with Gasteiger partial charge in [0.2, 0.25) is 0 Å². The third-order valence-corrected chi connectivity index (χ3v) is 3.80. The molecule has 0 spiro atoms. The first kappa shape index (κ1) is 21.4. The Bertz CT molecular complexity index is 1040. The summed E-state index contributed by atoms with van der Waals surface area (Å²) in [5.74, 6) is -5.70. The van der Waals surface area contributed by atoms with E-state index in [1.807, 2.05) is 0 Å². The minimum atomic E-state index is -6.21. The number of hydrogen-bond acceptors (Lipinski definition) is 3. The van der Waals surface area contributed by atoms with Crippen LogP contribution in [0, 0.1) is 0 Å². The van der Waals surface area contributed by atoms with E-state index < -0.39 is 41.0 Å². The fourth-order valence-corrected chi connectivity index (χ4v) is 2.47. The van der Waals surface area contributed by atoms with Crippen LogP contribution in [0.25, 0.3) is 5.69 Å². The lowest BCUT2D eigenvalue weighted by atomic mass is 10.1. The average Bonchev–Trinajstić information content (AvgIpc) is 3.07. The number of aromatic nitrogens is 2. The molecule has 0 saturated heterocycles. The summed E-state index contributed by atoms with van der Waals surface area (Å²) in [6.07, 6.45) is -11.6. The molecule has 30 heavy (non-hydrogen) atoms. The molecule has 3 aromatic rings. The van der Waals surface area contributed by atoms with Crippen molar-refractivity contribution < 1.29 is 35.1 Å². The van der Waals surface area contributed by atoms with Gasteiger partial charge in [-0.1, -0.05) is 36.4 Å². The topological polar surface area (TPSA) is 42.5 Å². The van der Waals surface area contributed by atoms with Gasteiger partial charge < -0.3 is 0 Å². The van der Waals surface area contributed by atoms with Crippen LogP contribution in [0.1, 0.15) is 11.4 Å². The Morgan fingerprint density at radius 3 is 1.73 bits per heavy atom. The highest BCUT2D eigenvalue weighted by molar-refractivity contribution is 5.55. The lowest BCUT2D eigenvalue weighted by molar-refractivity contribution is -0.291. The summed E-state index contributed by atoms with van der Waals surface area (Å²) in [5, 5.41) is 9.50. The summed E-state index contributed by atoms with van der Waals surface area (Å²) in [4.78, 5) is 0. The molecule has 0 amide bonds. The van der Waals surface area contributed by atoms with Crippen molar-refractivity contribution in [1.82, 2.24) is 9.78 Å². The molecule has 1 aromatic heterocycles. The van der Waals surface area contributed by atoms with Crippen LogP contribution in [0.15, 0.2) is 70.9 Å². The number of halogens is 8. The summed E-state index contributed by atoms with van der Waals surface area (Å²) >= 11 is 0. The van der Waals surface area contributed by atoms with Gasteiger partial charge in [0, 0.05) is 0 Å². The largest absolute Gasteiger partial charge is 0.459 e. The second kappa shape index (κ2) is 7.50. The third kappa shape index (κ3) is 4.02. The summed E-state index contributed by atoms with van der Waals surface area (Å²) in [6.45, 7) is 0. The van der Waals surface area contributed by atoms with Gasteiger partial charge in [0.05, 0.1) is 11.4 Å². The van der Waals surface area contributed by atoms with Crippen LogP contribution in [0.2, 0.25) is 0 Å². The van der Waals surface area contributed by atoms with Gasteiger partial charge in [0.1, 0.15) is 5.69 Å². The van der Waals surface area contributed by atoms with E-state index in [1.165, 1.54) is 48.5 Å². The molecule has 0 radical (unpaired) electrons. The molecule has 3 rings (SSSR count). The maximum atomic E-state index is 14.3. The normalized spacial score (nSPS) is 13.2. The van der Waals surface area contributed by atoms with Crippen molar-refractivity contribution in [2.24, 2.45) is 10.2 Å². The minimum Gasteiger partial charge on any atom is -0.228 e. The van der Waals surface area contributed by atoms with Crippen LogP contribution in [0.3, 0.4) is 0 Å². The van der Waals surface area contributed by atoms with Crippen molar-refractivity contribution in [2.75, 3.05) is 0 Å². The number of azo groups is 1. The lowest BCUT2D eigenvalue weighted by Gasteiger charge is -2.21. The zero-order chi connectivity index (χ0) is 22.2. The van der Waals surface area contributed by atoms with Gasteiger partial charge in [-0.2, -0.15) is 45.3 Å². The Morgan fingerprint density at radius 2 is 1.23 bits per heavy atom. The molecular formula is C18H10F8N4. The van der Waals surface area contributed by atoms with Gasteiger partial charge in [-0.15, -0.1) is 5.11 Å². The van der Waals surface area contributed by atoms with Crippen LogP contribution in [-0.4, -0.2) is 16.0 Å². The SMILES string of the molecule is FC(F)(F)c1nn(-c2ccccc2)c(C(F)(F)C(F)(F)F)c1N=Nc1ccccc1. The van der Waals surface area contributed by atoms with Crippen LogP contribution in [-0.2, 0) is 12.1 Å². The lowest BCUT2D eigenvalue weighted by Crippen LogP contribution is -2.35. The number of alkyl halides is 8. The average molecular weight is 434 g/mol. The number of rotatable bonds is 4. The van der Waals surface area contributed by atoms with Gasteiger partial charge in [0.25, 0.3) is 0 Å². The Morgan fingerprint density at radius 1 is 0.700 bits per heavy atom. The predicted octanol–water partition coefficient (Wildman–Crippen LogP) is 6.96. The highest BCUT2D eigenvalue weighted by Crippen LogP contribution is 2.51. The Hall–Kier alpha value is -3.31. The van der Waals surface area contributed by atoms with Gasteiger partial charge in [-0.25, -0.2) is 4.68 Å². The van der Waals surface area contributed by atoms with Gasteiger partial charge >= 0.3 is 18.3 Å². The summed E-state index contributed by atoms with van der Waals surface area (Å²) in [5.41, 5.74) is -6.34. The highest BCUT2D eigenvalue weighted by atomic mass is 19.4. The van der Waals surface area contributed by atoms with E-state index in [4.69, 9.17) is 0 Å². The van der Waals surface area contributed by atoms with Crippen LogP contribution in [0.5, 0.6) is 0 Å². The molecule has 0 bridgehead atoms. The molecule has 0 atom stereocenters. The van der Waals surface area contributed by atoms with Gasteiger partial charge in [0.15, 0.2) is 11.4 Å². The number of benzene rings is 2. The Labute approximate surface area is 163 Å². The summed E-state index contributed by atoms with van der Waals surface area (Å²) in [7, 11) is 0. The molecule has 12 heteroatoms. The van der Waals surface area contributed by atoms with Crippen molar-refractivity contribution in [1.29, 1.82) is 0 Å². The summed E-state index contributed by atoms with van der Waals surface area (Å²) < 4.78 is 108. The second-order valence-corrected chi connectivity index (χ2v) is 5.90. The standard InChI is InChI=1S/C18H10F8N4/c19-16(20,18(24,25)26)15-13(28-27-11-7-3-1-4-8-11)14(17(21,22)23)29-30(15)12-9-5-2-6-10-12/h1-10H.